The quantitative estimate of drug-likeness (QED) is 0.602. The van der Waals surface area contributed by atoms with Crippen LogP contribution >= 0.6 is 24.2 Å². The average Bonchev–Trinajstić information content (AvgIpc) is 2.21. The number of hydrogen-bond donors (Lipinski definition) is 2. The van der Waals surface area contributed by atoms with E-state index >= 15 is 0 Å². The normalized spacial score (nSPS) is 11.6. The van der Waals surface area contributed by atoms with Gasteiger partial charge in [-0.1, -0.05) is 17.5 Å². The topological polar surface area (TPSA) is 29.1 Å². The van der Waals surface area contributed by atoms with Crippen LogP contribution < -0.4 is 5.32 Å². The number of thiol groups is 1. The molecule has 1 N–H and O–H groups in total. The number of terminal acetylenes is 1. The summed E-state index contributed by atoms with van der Waals surface area (Å²) < 4.78 is 0. The molecule has 1 amide bonds. The van der Waals surface area contributed by atoms with Crippen molar-refractivity contribution in [3.63, 3.8) is 0 Å². The number of hydrogen-bond acceptors (Lipinski definition) is 2. The van der Waals surface area contributed by atoms with E-state index in [1.165, 1.54) is 0 Å². The molecule has 4 heteroatoms. The molecule has 1 unspecified atom stereocenters. The third-order valence-corrected chi connectivity index (χ3v) is 2.40. The Morgan fingerprint density at radius 1 is 1.67 bits per heavy atom. The molecule has 0 bridgehead atoms. The molecular formula is C11H10ClNOS. The van der Waals surface area contributed by atoms with Crippen LogP contribution in [0.1, 0.15) is 17.3 Å². The van der Waals surface area contributed by atoms with Gasteiger partial charge in [0.1, 0.15) is 0 Å². The summed E-state index contributed by atoms with van der Waals surface area (Å²) in [6.45, 7) is 1.72. The smallest absolute Gasteiger partial charge is 0.253 e. The van der Waals surface area contributed by atoms with Gasteiger partial charge in [-0.3, -0.25) is 4.79 Å². The number of carbonyl (C=O) groups is 1. The molecule has 0 radical (unpaired) electrons. The number of rotatable bonds is 2. The predicted molar refractivity (Wildman–Crippen MR) is 64.5 cm³/mol. The first kappa shape index (κ1) is 12.0. The van der Waals surface area contributed by atoms with Gasteiger partial charge in [0.15, 0.2) is 0 Å². The minimum atomic E-state index is -0.322. The summed E-state index contributed by atoms with van der Waals surface area (Å²) in [7, 11) is 0. The van der Waals surface area contributed by atoms with Gasteiger partial charge in [0.25, 0.3) is 5.91 Å². The van der Waals surface area contributed by atoms with E-state index in [0.717, 1.165) is 0 Å². The maximum atomic E-state index is 11.7. The van der Waals surface area contributed by atoms with Crippen molar-refractivity contribution in [2.45, 2.75) is 17.9 Å². The lowest BCUT2D eigenvalue weighted by Gasteiger charge is -2.09. The fourth-order valence-corrected chi connectivity index (χ4v) is 1.41. The molecule has 0 fully saturated rings. The van der Waals surface area contributed by atoms with Gasteiger partial charge in [-0.2, -0.15) is 0 Å². The van der Waals surface area contributed by atoms with Crippen LogP contribution in [0.3, 0.4) is 0 Å². The molecule has 0 saturated heterocycles. The van der Waals surface area contributed by atoms with Crippen molar-refractivity contribution in [1.29, 1.82) is 0 Å². The molecule has 1 atom stereocenters. The highest BCUT2D eigenvalue weighted by molar-refractivity contribution is 7.80. The maximum Gasteiger partial charge on any atom is 0.253 e. The molecule has 0 aliphatic carbocycles. The second kappa shape index (κ2) is 5.11. The molecule has 15 heavy (non-hydrogen) atoms. The molecule has 78 valence electrons. The molecule has 0 saturated carbocycles. The molecule has 1 rings (SSSR count). The number of benzene rings is 1. The van der Waals surface area contributed by atoms with Crippen molar-refractivity contribution in [3.8, 4) is 12.3 Å². The Hall–Kier alpha value is -1.11. The van der Waals surface area contributed by atoms with Gasteiger partial charge in [0.2, 0.25) is 0 Å². The van der Waals surface area contributed by atoms with Gasteiger partial charge >= 0.3 is 0 Å². The summed E-state index contributed by atoms with van der Waals surface area (Å²) in [5.74, 6) is 2.12. The predicted octanol–water partition coefficient (Wildman–Crippen LogP) is 2.38. The van der Waals surface area contributed by atoms with Crippen LogP contribution in [-0.4, -0.2) is 11.9 Å². The Morgan fingerprint density at radius 3 is 2.93 bits per heavy atom. The molecule has 0 aromatic heterocycles. The van der Waals surface area contributed by atoms with E-state index in [-0.39, 0.29) is 11.9 Å². The van der Waals surface area contributed by atoms with Crippen molar-refractivity contribution in [2.24, 2.45) is 0 Å². The highest BCUT2D eigenvalue weighted by Crippen LogP contribution is 2.19. The fourth-order valence-electron chi connectivity index (χ4n) is 1.00. The highest BCUT2D eigenvalue weighted by atomic mass is 35.5. The van der Waals surface area contributed by atoms with Crippen LogP contribution in [0.15, 0.2) is 23.1 Å². The van der Waals surface area contributed by atoms with Gasteiger partial charge in [0, 0.05) is 4.90 Å². The molecule has 1 aromatic rings. The molecule has 0 heterocycles. The van der Waals surface area contributed by atoms with Crippen molar-refractivity contribution >= 4 is 30.1 Å². The van der Waals surface area contributed by atoms with Crippen LogP contribution in [0.4, 0.5) is 0 Å². The van der Waals surface area contributed by atoms with Crippen molar-refractivity contribution < 1.29 is 4.79 Å². The minimum Gasteiger partial charge on any atom is -0.339 e. The number of amides is 1. The van der Waals surface area contributed by atoms with Crippen molar-refractivity contribution in [3.05, 3.63) is 28.8 Å². The molecule has 2 nitrogen and oxygen atoms in total. The van der Waals surface area contributed by atoms with E-state index in [9.17, 15) is 4.79 Å². The van der Waals surface area contributed by atoms with E-state index < -0.39 is 0 Å². The molecular weight excluding hydrogens is 230 g/mol. The third kappa shape index (κ3) is 3.19. The summed E-state index contributed by atoms with van der Waals surface area (Å²) >= 11 is 10.0. The molecule has 0 aliphatic rings. The first-order valence-electron chi connectivity index (χ1n) is 4.30. The van der Waals surface area contributed by atoms with Crippen LogP contribution in [0.2, 0.25) is 5.02 Å². The van der Waals surface area contributed by atoms with E-state index in [2.05, 4.69) is 23.9 Å². The zero-order chi connectivity index (χ0) is 11.4. The van der Waals surface area contributed by atoms with Gasteiger partial charge < -0.3 is 5.32 Å². The summed E-state index contributed by atoms with van der Waals surface area (Å²) in [4.78, 5) is 12.3. The Bertz CT molecular complexity index is 425. The van der Waals surface area contributed by atoms with Gasteiger partial charge in [0.05, 0.1) is 16.6 Å². The van der Waals surface area contributed by atoms with E-state index in [4.69, 9.17) is 18.0 Å². The van der Waals surface area contributed by atoms with E-state index in [0.29, 0.717) is 15.5 Å². The van der Waals surface area contributed by atoms with Crippen molar-refractivity contribution in [1.82, 2.24) is 5.32 Å². The average molecular weight is 240 g/mol. The number of carbonyl (C=O) groups excluding carboxylic acids is 1. The van der Waals surface area contributed by atoms with E-state index in [1.54, 1.807) is 25.1 Å². The number of nitrogens with one attached hydrogen (secondary N) is 1. The first-order chi connectivity index (χ1) is 7.04. The maximum absolute atomic E-state index is 11.7. The lowest BCUT2D eigenvalue weighted by atomic mass is 10.2. The summed E-state index contributed by atoms with van der Waals surface area (Å²) in [5, 5.41) is 3.00. The van der Waals surface area contributed by atoms with Crippen LogP contribution in [0.5, 0.6) is 0 Å². The largest absolute Gasteiger partial charge is 0.339 e. The Kier molecular flexibility index (Phi) is 4.07. The van der Waals surface area contributed by atoms with E-state index in [1.807, 2.05) is 0 Å². The summed E-state index contributed by atoms with van der Waals surface area (Å²) in [6, 6.07) is 4.62. The zero-order valence-electron chi connectivity index (χ0n) is 8.12. The second-order valence-corrected chi connectivity index (χ2v) is 3.95. The third-order valence-electron chi connectivity index (χ3n) is 1.79. The summed E-state index contributed by atoms with van der Waals surface area (Å²) in [6.07, 6.45) is 5.15. The van der Waals surface area contributed by atoms with Gasteiger partial charge in [-0.15, -0.1) is 19.1 Å². The SMILES string of the molecule is C#CC(C)NC(=O)c1cc(S)ccc1Cl. The Balaban J connectivity index is 2.92. The van der Waals surface area contributed by atoms with Crippen LogP contribution in [0, 0.1) is 12.3 Å². The fraction of sp³-hybridized carbons (Fsp3) is 0.182. The lowest BCUT2D eigenvalue weighted by Crippen LogP contribution is -2.31. The Morgan fingerprint density at radius 2 is 2.33 bits per heavy atom. The zero-order valence-corrected chi connectivity index (χ0v) is 9.77. The van der Waals surface area contributed by atoms with Crippen molar-refractivity contribution in [2.75, 3.05) is 0 Å². The monoisotopic (exact) mass is 239 g/mol. The first-order valence-corrected chi connectivity index (χ1v) is 5.12. The minimum absolute atomic E-state index is 0.290. The molecule has 0 aliphatic heterocycles. The van der Waals surface area contributed by atoms with Gasteiger partial charge in [-0.05, 0) is 25.1 Å². The highest BCUT2D eigenvalue weighted by Gasteiger charge is 2.11. The standard InChI is InChI=1S/C11H10ClNOS/c1-3-7(2)13-11(14)9-6-8(15)4-5-10(9)12/h1,4-7,15H,2H3,(H,13,14). The lowest BCUT2D eigenvalue weighted by molar-refractivity contribution is 0.0948. The second-order valence-electron chi connectivity index (χ2n) is 3.03. The summed E-state index contributed by atoms with van der Waals surface area (Å²) in [5.41, 5.74) is 0.381. The molecule has 0 spiro atoms. The number of halogens is 1. The van der Waals surface area contributed by atoms with Crippen LogP contribution in [0.25, 0.3) is 0 Å². The Labute approximate surface area is 99.4 Å². The molecule has 1 aromatic carbocycles. The van der Waals surface area contributed by atoms with Gasteiger partial charge in [-0.25, -0.2) is 0 Å². The van der Waals surface area contributed by atoms with Crippen LogP contribution in [-0.2, 0) is 0 Å².